The lowest BCUT2D eigenvalue weighted by Crippen LogP contribution is -2.82. The van der Waals surface area contributed by atoms with E-state index < -0.39 is 92.5 Å². The Hall–Kier alpha value is -2.49. The van der Waals surface area contributed by atoms with Crippen molar-refractivity contribution in [3.8, 4) is 0 Å². The molecular weight excluding hydrogens is 709 g/mol. The van der Waals surface area contributed by atoms with Gasteiger partial charge in [0.05, 0.1) is 35.7 Å². The maximum atomic E-state index is 15.5. The molecule has 10 nitrogen and oxygen atoms in total. The summed E-state index contributed by atoms with van der Waals surface area (Å²) in [4.78, 5) is 58.2. The minimum absolute atomic E-state index is 0.00433. The molecule has 2 bridgehead atoms. The smallest absolute Gasteiger partial charge is 0.338 e. The number of rotatable bonds is 13. The van der Waals surface area contributed by atoms with E-state index in [0.717, 1.165) is 36.3 Å². The number of ether oxygens (including phenoxy) is 3. The summed E-state index contributed by atoms with van der Waals surface area (Å²) in [5.74, 6) is -3.94. The molecule has 8 atom stereocenters. The number of esters is 2. The van der Waals surface area contributed by atoms with E-state index in [2.05, 4.69) is 41.5 Å². The van der Waals surface area contributed by atoms with Crippen LogP contribution in [0.4, 0.5) is 0 Å². The molecular formula is C41H62O10Si2. The molecule has 5 rings (SSSR count). The fraction of sp³-hybridized carbons (Fsp3) is 0.707. The molecule has 4 aliphatic rings. The molecule has 1 N–H and O–H groups in total. The van der Waals surface area contributed by atoms with Crippen molar-refractivity contribution in [1.82, 2.24) is 0 Å². The van der Waals surface area contributed by atoms with Gasteiger partial charge in [-0.3, -0.25) is 14.4 Å². The van der Waals surface area contributed by atoms with Crippen molar-refractivity contribution in [2.45, 2.75) is 161 Å². The maximum Gasteiger partial charge on any atom is 0.338 e. The predicted molar refractivity (Wildman–Crippen MR) is 206 cm³/mol. The van der Waals surface area contributed by atoms with E-state index in [1.807, 2.05) is 6.92 Å². The number of ketones is 2. The first-order valence-corrected chi connectivity index (χ1v) is 24.9. The fourth-order valence-corrected chi connectivity index (χ4v) is 16.1. The largest absolute Gasteiger partial charge is 0.455 e. The van der Waals surface area contributed by atoms with Gasteiger partial charge < -0.3 is 28.2 Å². The molecule has 0 radical (unpaired) electrons. The first-order chi connectivity index (χ1) is 24.9. The van der Waals surface area contributed by atoms with Crippen LogP contribution in [0, 0.1) is 16.7 Å². The molecule has 1 aromatic rings. The highest BCUT2D eigenvalue weighted by Gasteiger charge is 2.78. The molecule has 1 aliphatic heterocycles. The van der Waals surface area contributed by atoms with Gasteiger partial charge in [-0.05, 0) is 67.8 Å². The van der Waals surface area contributed by atoms with Crippen LogP contribution < -0.4 is 0 Å². The van der Waals surface area contributed by atoms with Gasteiger partial charge in [0.2, 0.25) is 11.6 Å². The standard InChI is InChI=1S/C41H62O10Si2/c1-12-52(13-2,14-3)50-29-24-41(46)36(48-37(45)28-21-19-18-20-22-28)34-39(11,35(44)33(43)32(26(29)7)38(41,9)10)30(51-53(15-4,16-5)17-6)23-31-40(34,25-47-31)49-27(8)42/h18-22,29-31,34,36,46H,12-17,23-25H2,1-11H3/t29-,30?,31+,34-,36-,39+,40-,41+/m0/s1. The molecule has 1 heterocycles. The second-order valence-electron chi connectivity index (χ2n) is 16.7. The van der Waals surface area contributed by atoms with E-state index in [-0.39, 0.29) is 30.6 Å². The SMILES string of the molecule is CC[Si](CC)(CC)OC1C[C@H]2OC[C@@]2(OC(C)=O)[C@H]2[C@H](OC(=O)c3ccccc3)[C@]3(O)C[C@H](O[Si](CC)(CC)CC)C(C)=C(C(=O)C(=O)[C@]12C)C3(C)C. The molecule has 53 heavy (non-hydrogen) atoms. The summed E-state index contributed by atoms with van der Waals surface area (Å²) in [6.07, 6.45) is -3.57. The van der Waals surface area contributed by atoms with Crippen LogP contribution in [0.3, 0.4) is 0 Å². The van der Waals surface area contributed by atoms with Crippen molar-refractivity contribution in [1.29, 1.82) is 0 Å². The number of fused-ring (bicyclic) bond motifs is 5. The van der Waals surface area contributed by atoms with E-state index in [4.69, 9.17) is 23.1 Å². The first kappa shape index (κ1) is 41.7. The number of Topliss-reactive ketones (excluding diaryl/α,β-unsaturated/α-hetero) is 2. The normalized spacial score (nSPS) is 33.9. The Bertz CT molecular complexity index is 1600. The van der Waals surface area contributed by atoms with Crippen LogP contribution in [0.2, 0.25) is 36.3 Å². The zero-order valence-electron chi connectivity index (χ0n) is 33.8. The second kappa shape index (κ2) is 14.9. The van der Waals surface area contributed by atoms with Gasteiger partial charge in [0.15, 0.2) is 22.2 Å². The predicted octanol–water partition coefficient (Wildman–Crippen LogP) is 7.35. The third-order valence-corrected chi connectivity index (χ3v) is 23.6. The van der Waals surface area contributed by atoms with Crippen molar-refractivity contribution in [3.05, 3.63) is 47.0 Å². The number of hydrogen-bond donors (Lipinski definition) is 1. The summed E-state index contributed by atoms with van der Waals surface area (Å²) >= 11 is 0. The molecule has 2 saturated carbocycles. The highest BCUT2D eigenvalue weighted by Crippen LogP contribution is 2.64. The molecule has 0 aromatic heterocycles. The molecule has 3 fully saturated rings. The minimum Gasteiger partial charge on any atom is -0.455 e. The van der Waals surface area contributed by atoms with Crippen molar-refractivity contribution in [2.24, 2.45) is 16.7 Å². The van der Waals surface area contributed by atoms with Crippen LogP contribution in [0.5, 0.6) is 0 Å². The van der Waals surface area contributed by atoms with Crippen molar-refractivity contribution < 1.29 is 47.3 Å². The Labute approximate surface area is 318 Å². The molecule has 1 saturated heterocycles. The van der Waals surface area contributed by atoms with E-state index in [9.17, 15) is 14.7 Å². The molecule has 294 valence electrons. The topological polar surface area (TPSA) is 135 Å². The summed E-state index contributed by atoms with van der Waals surface area (Å²) in [5, 5.41) is 13.7. The Balaban J connectivity index is 1.87. The van der Waals surface area contributed by atoms with E-state index in [1.54, 1.807) is 51.1 Å². The summed E-state index contributed by atoms with van der Waals surface area (Å²) in [6.45, 7) is 20.9. The molecule has 0 amide bonds. The third-order valence-electron chi connectivity index (χ3n) is 14.3. The van der Waals surface area contributed by atoms with Crippen LogP contribution in [0.25, 0.3) is 0 Å². The zero-order valence-corrected chi connectivity index (χ0v) is 35.8. The summed E-state index contributed by atoms with van der Waals surface area (Å²) in [7, 11) is -4.82. The van der Waals surface area contributed by atoms with Gasteiger partial charge in [-0.2, -0.15) is 0 Å². The summed E-state index contributed by atoms with van der Waals surface area (Å²) < 4.78 is 33.4. The van der Waals surface area contributed by atoms with Crippen LogP contribution in [0.15, 0.2) is 41.5 Å². The second-order valence-corrected chi connectivity index (χ2v) is 26.2. The van der Waals surface area contributed by atoms with Crippen LogP contribution in [-0.4, -0.2) is 87.5 Å². The van der Waals surface area contributed by atoms with Gasteiger partial charge in [-0.1, -0.05) is 73.6 Å². The van der Waals surface area contributed by atoms with Gasteiger partial charge in [-0.25, -0.2) is 4.79 Å². The highest BCUT2D eigenvalue weighted by atomic mass is 28.4. The molecule has 1 unspecified atom stereocenters. The number of benzene rings is 1. The molecule has 12 heteroatoms. The molecule has 3 aliphatic carbocycles. The monoisotopic (exact) mass is 770 g/mol. The lowest BCUT2D eigenvalue weighted by atomic mass is 9.45. The van der Waals surface area contributed by atoms with Crippen molar-refractivity contribution >= 4 is 40.1 Å². The van der Waals surface area contributed by atoms with Crippen molar-refractivity contribution in [3.63, 3.8) is 0 Å². The first-order valence-electron chi connectivity index (χ1n) is 19.8. The Kier molecular flexibility index (Phi) is 11.7. The fourth-order valence-electron chi connectivity index (χ4n) is 10.3. The molecule has 0 spiro atoms. The van der Waals surface area contributed by atoms with E-state index >= 15 is 9.59 Å². The Morgan fingerprint density at radius 1 is 0.887 bits per heavy atom. The summed E-state index contributed by atoms with van der Waals surface area (Å²) in [5.41, 5.74) is -5.51. The van der Waals surface area contributed by atoms with Crippen molar-refractivity contribution in [2.75, 3.05) is 6.61 Å². The van der Waals surface area contributed by atoms with Gasteiger partial charge in [-0.15, -0.1) is 0 Å². The average Bonchev–Trinajstić information content (AvgIpc) is 3.13. The highest BCUT2D eigenvalue weighted by molar-refractivity contribution is 6.74. The number of hydrogen-bond acceptors (Lipinski definition) is 10. The number of aliphatic hydroxyl groups is 1. The number of carbonyl (C=O) groups excluding carboxylic acids is 4. The quantitative estimate of drug-likeness (QED) is 0.123. The van der Waals surface area contributed by atoms with Crippen LogP contribution in [-0.2, 0) is 37.4 Å². The van der Waals surface area contributed by atoms with Gasteiger partial charge in [0, 0.05) is 30.8 Å². The summed E-state index contributed by atoms with van der Waals surface area (Å²) in [6, 6.07) is 13.3. The Morgan fingerprint density at radius 2 is 1.43 bits per heavy atom. The zero-order chi connectivity index (χ0) is 39.4. The van der Waals surface area contributed by atoms with E-state index in [0.29, 0.717) is 5.57 Å². The Morgan fingerprint density at radius 3 is 1.92 bits per heavy atom. The van der Waals surface area contributed by atoms with Gasteiger partial charge in [0.1, 0.15) is 17.8 Å². The number of carbonyl (C=O) groups is 4. The lowest BCUT2D eigenvalue weighted by Gasteiger charge is -2.67. The molecule has 1 aromatic carbocycles. The van der Waals surface area contributed by atoms with E-state index in [1.165, 1.54) is 6.92 Å². The van der Waals surface area contributed by atoms with Crippen LogP contribution in [0.1, 0.15) is 99.4 Å². The average molecular weight is 771 g/mol. The maximum absolute atomic E-state index is 15.5. The lowest BCUT2D eigenvalue weighted by molar-refractivity contribution is -0.342. The third kappa shape index (κ3) is 6.37. The van der Waals surface area contributed by atoms with Gasteiger partial charge >= 0.3 is 11.9 Å². The van der Waals surface area contributed by atoms with Crippen LogP contribution >= 0.6 is 0 Å². The van der Waals surface area contributed by atoms with Gasteiger partial charge in [0.25, 0.3) is 0 Å². The minimum atomic E-state index is -2.46.